The van der Waals surface area contributed by atoms with E-state index in [1.807, 2.05) is 10.6 Å². The minimum absolute atomic E-state index is 0. The van der Waals surface area contributed by atoms with Gasteiger partial charge in [0.1, 0.15) is 0 Å². The molecule has 4 rings (SSSR count). The molecule has 0 unspecified atom stereocenters. The molecule has 2 aliphatic heterocycles. The average Bonchev–Trinajstić information content (AvgIpc) is 3.46. The maximum Gasteiger partial charge on any atom is 0.673 e. The maximum atomic E-state index is 9.75. The van der Waals surface area contributed by atoms with Crippen molar-refractivity contribution in [1.29, 1.82) is 0 Å². The molecule has 3 fully saturated rings. The van der Waals surface area contributed by atoms with Crippen LogP contribution in [0.15, 0.2) is 24.3 Å². The third kappa shape index (κ3) is 12.2. The zero-order valence-corrected chi connectivity index (χ0v) is 27.7. The van der Waals surface area contributed by atoms with Crippen LogP contribution in [0.5, 0.6) is 0 Å². The van der Waals surface area contributed by atoms with E-state index in [2.05, 4.69) is 52.0 Å². The SMILES string of the molecule is C1CCCCCCC1.CC[C@H]1CC[C@H](CC)P1c1ccccc1P1[C@@H](CC)CC[C@@H]1CC.F[B-](F)(F)F.[Rh]. The number of rotatable bonds is 6. The van der Waals surface area contributed by atoms with Gasteiger partial charge in [-0.3, -0.25) is 0 Å². The Hall–Kier alpha value is 0.488. The fraction of sp³-hybridized carbons (Fsp3) is 0.800. The third-order valence-corrected chi connectivity index (χ3v) is 16.3. The molecule has 2 heterocycles. The standard InChI is InChI=1S/C22H36P2.C8H16.BF4.Rh/c1-5-17-13-14-18(6-2)23(17)21-11-9-10-12-22(21)24-19(7-3)15-16-20(24)8-4;1-2-4-6-8-7-5-3-1;2-1(3,4)5;/h9-12,17-20H,5-8,13-16H2,1-4H3;1-8H2;;/q;;-1;/t17-,18-,19-,20-;;;/m0.../s1. The van der Waals surface area contributed by atoms with Gasteiger partial charge in [-0.1, -0.05) is 119 Å². The average molecular weight is 664 g/mol. The largest absolute Gasteiger partial charge is 0.673 e. The van der Waals surface area contributed by atoms with Crippen LogP contribution in [0.25, 0.3) is 0 Å². The van der Waals surface area contributed by atoms with Crippen molar-refractivity contribution in [3.8, 4) is 0 Å². The minimum atomic E-state index is -6.00. The summed E-state index contributed by atoms with van der Waals surface area (Å²) in [6, 6.07) is 9.79. The molecule has 2 saturated heterocycles. The molecule has 223 valence electrons. The van der Waals surface area contributed by atoms with Gasteiger partial charge in [0.15, 0.2) is 0 Å². The Morgan fingerprint density at radius 2 is 0.763 bits per heavy atom. The van der Waals surface area contributed by atoms with Gasteiger partial charge in [-0.2, -0.15) is 0 Å². The van der Waals surface area contributed by atoms with Gasteiger partial charge in [0, 0.05) is 19.5 Å². The molecule has 1 aromatic carbocycles. The molecule has 4 atom stereocenters. The predicted octanol–water partition coefficient (Wildman–Crippen LogP) is 11.0. The normalized spacial score (nSPS) is 26.7. The second kappa shape index (κ2) is 19.6. The van der Waals surface area contributed by atoms with E-state index in [0.29, 0.717) is 0 Å². The summed E-state index contributed by atoms with van der Waals surface area (Å²) in [6.07, 6.45) is 23.5. The summed E-state index contributed by atoms with van der Waals surface area (Å²) in [6.45, 7) is 9.74. The smallest absolute Gasteiger partial charge is 0.418 e. The summed E-state index contributed by atoms with van der Waals surface area (Å²) in [7, 11) is -5.87. The van der Waals surface area contributed by atoms with Gasteiger partial charge in [0.05, 0.1) is 0 Å². The van der Waals surface area contributed by atoms with E-state index >= 15 is 0 Å². The Morgan fingerprint density at radius 1 is 0.553 bits per heavy atom. The van der Waals surface area contributed by atoms with Crippen LogP contribution in [0.2, 0.25) is 0 Å². The van der Waals surface area contributed by atoms with Crippen LogP contribution in [-0.2, 0) is 19.5 Å². The van der Waals surface area contributed by atoms with Crippen LogP contribution in [0.1, 0.15) is 130 Å². The fourth-order valence-corrected chi connectivity index (χ4v) is 14.6. The zero-order valence-electron chi connectivity index (χ0n) is 24.2. The van der Waals surface area contributed by atoms with Crippen LogP contribution in [0, 0.1) is 0 Å². The molecule has 1 saturated carbocycles. The van der Waals surface area contributed by atoms with Crippen molar-refractivity contribution in [3.05, 3.63) is 24.3 Å². The van der Waals surface area contributed by atoms with Crippen LogP contribution in [0.4, 0.5) is 17.3 Å². The van der Waals surface area contributed by atoms with Gasteiger partial charge >= 0.3 is 7.25 Å². The first-order valence-corrected chi connectivity index (χ1v) is 18.2. The topological polar surface area (TPSA) is 0 Å². The Kier molecular flexibility index (Phi) is 18.8. The van der Waals surface area contributed by atoms with Gasteiger partial charge in [-0.15, -0.1) is 0 Å². The second-order valence-electron chi connectivity index (χ2n) is 11.0. The maximum absolute atomic E-state index is 9.75. The van der Waals surface area contributed by atoms with Crippen molar-refractivity contribution in [2.75, 3.05) is 0 Å². The molecular weight excluding hydrogens is 612 g/mol. The molecule has 3 aliphatic rings. The van der Waals surface area contributed by atoms with Crippen LogP contribution in [-0.4, -0.2) is 29.9 Å². The van der Waals surface area contributed by atoms with Crippen molar-refractivity contribution >= 4 is 33.7 Å². The Morgan fingerprint density at radius 3 is 0.947 bits per heavy atom. The number of hydrogen-bond donors (Lipinski definition) is 0. The van der Waals surface area contributed by atoms with Gasteiger partial charge in [-0.25, -0.2) is 0 Å². The van der Waals surface area contributed by atoms with E-state index in [4.69, 9.17) is 0 Å². The molecule has 1 aliphatic carbocycles. The first-order valence-electron chi connectivity index (χ1n) is 15.3. The number of halogens is 4. The molecule has 38 heavy (non-hydrogen) atoms. The number of hydrogen-bond acceptors (Lipinski definition) is 0. The molecule has 1 aromatic rings. The van der Waals surface area contributed by atoms with E-state index in [1.165, 1.54) is 103 Å². The van der Waals surface area contributed by atoms with Crippen LogP contribution in [0.3, 0.4) is 0 Å². The third-order valence-electron chi connectivity index (χ3n) is 8.56. The number of benzene rings is 1. The van der Waals surface area contributed by atoms with Gasteiger partial charge < -0.3 is 17.3 Å². The second-order valence-corrected chi connectivity index (χ2v) is 16.5. The van der Waals surface area contributed by atoms with Crippen molar-refractivity contribution in [3.63, 3.8) is 0 Å². The summed E-state index contributed by atoms with van der Waals surface area (Å²) in [5.74, 6) is 0. The van der Waals surface area contributed by atoms with E-state index in [9.17, 15) is 17.3 Å². The fourth-order valence-electron chi connectivity index (χ4n) is 6.63. The molecular formula is C30H52BF4P2Rh-. The monoisotopic (exact) mass is 664 g/mol. The summed E-state index contributed by atoms with van der Waals surface area (Å²) in [5.41, 5.74) is 3.96. The predicted molar refractivity (Wildman–Crippen MR) is 161 cm³/mol. The molecule has 0 spiro atoms. The van der Waals surface area contributed by atoms with Crippen molar-refractivity contribution in [2.45, 2.75) is 153 Å². The Balaban J connectivity index is 0.000000427. The first kappa shape index (κ1) is 36.5. The molecule has 0 aromatic heterocycles. The quantitative estimate of drug-likeness (QED) is 0.161. The molecule has 8 heteroatoms. The summed E-state index contributed by atoms with van der Waals surface area (Å²) < 4.78 is 39.0. The van der Waals surface area contributed by atoms with Crippen molar-refractivity contribution in [1.82, 2.24) is 0 Å². The molecule has 0 bridgehead atoms. The van der Waals surface area contributed by atoms with Crippen molar-refractivity contribution in [2.24, 2.45) is 0 Å². The zero-order chi connectivity index (χ0) is 27.3. The van der Waals surface area contributed by atoms with E-state index < -0.39 is 7.25 Å². The van der Waals surface area contributed by atoms with Gasteiger partial charge in [-0.05, 0) is 84.6 Å². The molecule has 0 nitrogen and oxygen atoms in total. The first-order chi connectivity index (χ1) is 17.7. The van der Waals surface area contributed by atoms with Crippen LogP contribution >= 0.6 is 15.8 Å². The summed E-state index contributed by atoms with van der Waals surface area (Å²) in [4.78, 5) is 0. The van der Waals surface area contributed by atoms with E-state index in [0.717, 1.165) is 22.6 Å². The van der Waals surface area contributed by atoms with Gasteiger partial charge in [0.2, 0.25) is 0 Å². The van der Waals surface area contributed by atoms with E-state index in [-0.39, 0.29) is 35.3 Å². The summed E-state index contributed by atoms with van der Waals surface area (Å²) in [5, 5.41) is 3.68. The molecule has 1 radical (unpaired) electrons. The minimum Gasteiger partial charge on any atom is -0.418 e. The van der Waals surface area contributed by atoms with Gasteiger partial charge in [0.25, 0.3) is 0 Å². The molecule has 0 N–H and O–H groups in total. The molecule has 0 amide bonds. The Labute approximate surface area is 247 Å². The van der Waals surface area contributed by atoms with Crippen LogP contribution < -0.4 is 10.6 Å². The Bertz CT molecular complexity index is 650. The van der Waals surface area contributed by atoms with Crippen molar-refractivity contribution < 1.29 is 36.7 Å². The van der Waals surface area contributed by atoms with E-state index in [1.54, 1.807) is 0 Å². The summed E-state index contributed by atoms with van der Waals surface area (Å²) >= 11 is 0.